The molecule has 0 saturated carbocycles. The maximum absolute atomic E-state index is 15.4. The van der Waals surface area contributed by atoms with Crippen LogP contribution in [0.15, 0.2) is 10.5 Å². The van der Waals surface area contributed by atoms with E-state index in [-0.39, 0.29) is 37.9 Å². The van der Waals surface area contributed by atoms with Crippen molar-refractivity contribution >= 4 is 38.5 Å². The first kappa shape index (κ1) is 26.7. The molecule has 0 bridgehead atoms. The third-order valence-corrected chi connectivity index (χ3v) is 17.1. The lowest BCUT2D eigenvalue weighted by Crippen LogP contribution is -2.48. The Kier molecular flexibility index (Phi) is 7.47. The third kappa shape index (κ3) is 5.18. The number of carbonyl (C=O) groups is 1. The van der Waals surface area contributed by atoms with Crippen LogP contribution in [0.2, 0.25) is 36.3 Å². The highest BCUT2D eigenvalue weighted by molar-refractivity contribution is 9.10. The van der Waals surface area contributed by atoms with E-state index in [0.717, 1.165) is 5.56 Å². The van der Waals surface area contributed by atoms with Crippen LogP contribution in [-0.4, -0.2) is 35.7 Å². The maximum Gasteiger partial charge on any atom is 0.252 e. The van der Waals surface area contributed by atoms with Crippen molar-refractivity contribution in [2.75, 3.05) is 7.05 Å². The third-order valence-electron chi connectivity index (χ3n) is 7.34. The van der Waals surface area contributed by atoms with Crippen LogP contribution < -0.4 is 5.32 Å². The van der Waals surface area contributed by atoms with Crippen LogP contribution in [-0.2, 0) is 15.3 Å². The molecule has 31 heavy (non-hydrogen) atoms. The van der Waals surface area contributed by atoms with E-state index in [2.05, 4.69) is 89.0 Å². The van der Waals surface area contributed by atoms with Gasteiger partial charge >= 0.3 is 0 Å². The van der Waals surface area contributed by atoms with Gasteiger partial charge in [0.1, 0.15) is 5.82 Å². The predicted molar refractivity (Wildman–Crippen MR) is 134 cm³/mol. The average molecular weight is 533 g/mol. The molecule has 0 aromatic heterocycles. The molecule has 1 aliphatic carbocycles. The van der Waals surface area contributed by atoms with Gasteiger partial charge in [-0.1, -0.05) is 41.5 Å². The molecular weight excluding hydrogens is 493 g/mol. The van der Waals surface area contributed by atoms with Crippen molar-refractivity contribution in [3.63, 3.8) is 0 Å². The highest BCUT2D eigenvalue weighted by atomic mass is 79.9. The smallest absolute Gasteiger partial charge is 0.252 e. The first-order valence-electron chi connectivity index (χ1n) is 10.9. The molecule has 0 spiro atoms. The highest BCUT2D eigenvalue weighted by Crippen LogP contribution is 2.48. The molecule has 1 aromatic carbocycles. The molecule has 0 aliphatic heterocycles. The molecule has 2 unspecified atom stereocenters. The first-order chi connectivity index (χ1) is 13.8. The average Bonchev–Trinajstić information content (AvgIpc) is 2.92. The van der Waals surface area contributed by atoms with Gasteiger partial charge in [-0.25, -0.2) is 4.39 Å². The van der Waals surface area contributed by atoms with Crippen LogP contribution in [0, 0.1) is 5.82 Å². The fourth-order valence-electron chi connectivity index (χ4n) is 3.25. The lowest BCUT2D eigenvalue weighted by molar-refractivity contribution is 0.0478. The largest absolute Gasteiger partial charge is 0.411 e. The molecule has 0 radical (unpaired) electrons. The van der Waals surface area contributed by atoms with E-state index in [1.165, 1.54) is 0 Å². The minimum absolute atomic E-state index is 0.00515. The van der Waals surface area contributed by atoms with E-state index in [4.69, 9.17) is 8.85 Å². The van der Waals surface area contributed by atoms with Gasteiger partial charge in [-0.05, 0) is 69.4 Å². The fraction of sp³-hybridized carbons (Fsp3) is 0.696. The lowest BCUT2D eigenvalue weighted by Gasteiger charge is -2.43. The maximum atomic E-state index is 15.4. The molecule has 0 heterocycles. The molecule has 1 N–H and O–H groups in total. The standard InChI is InChI=1S/C23H39BrFNO3Si2/c1-22(2,3)30(8,9)28-17-13-14-15(20(17)29-31(10,11)23(4,5)6)12-16(21(27)26-7)18(24)19(14)25/h12,17,20H,13H2,1-11H3,(H,26,27). The van der Waals surface area contributed by atoms with Crippen LogP contribution in [0.3, 0.4) is 0 Å². The van der Waals surface area contributed by atoms with Gasteiger partial charge < -0.3 is 14.2 Å². The SMILES string of the molecule is CNC(=O)c1cc2c(c(F)c1Br)CC(O[Si](C)(C)C(C)(C)C)C2O[Si](C)(C)C(C)(C)C. The van der Waals surface area contributed by atoms with E-state index in [1.807, 2.05) is 0 Å². The first-order valence-corrected chi connectivity index (χ1v) is 17.5. The van der Waals surface area contributed by atoms with E-state index >= 15 is 4.39 Å². The summed E-state index contributed by atoms with van der Waals surface area (Å²) in [4.78, 5) is 12.4. The van der Waals surface area contributed by atoms with Crippen LogP contribution in [0.4, 0.5) is 4.39 Å². The summed E-state index contributed by atoms with van der Waals surface area (Å²) in [6.45, 7) is 22.0. The van der Waals surface area contributed by atoms with Crippen molar-refractivity contribution in [2.45, 2.75) is 96.4 Å². The Hall–Kier alpha value is -0.546. The minimum atomic E-state index is -2.18. The number of benzene rings is 1. The second kappa shape index (κ2) is 8.67. The number of nitrogens with one attached hydrogen (secondary N) is 1. The van der Waals surface area contributed by atoms with Crippen molar-refractivity contribution in [2.24, 2.45) is 0 Å². The molecule has 0 fully saturated rings. The molecule has 1 aliphatic rings. The minimum Gasteiger partial charge on any atom is -0.411 e. The number of rotatable bonds is 5. The zero-order valence-electron chi connectivity index (χ0n) is 20.9. The summed E-state index contributed by atoms with van der Waals surface area (Å²) >= 11 is 3.30. The molecule has 1 amide bonds. The fourth-order valence-corrected chi connectivity index (χ4v) is 6.36. The van der Waals surface area contributed by atoms with Crippen molar-refractivity contribution < 1.29 is 18.0 Å². The molecule has 176 valence electrons. The van der Waals surface area contributed by atoms with E-state index in [1.54, 1.807) is 13.1 Å². The van der Waals surface area contributed by atoms with Crippen LogP contribution >= 0.6 is 15.9 Å². The summed E-state index contributed by atoms with van der Waals surface area (Å²) < 4.78 is 29.3. The second-order valence-electron chi connectivity index (χ2n) is 11.6. The molecule has 0 saturated heterocycles. The molecule has 8 heteroatoms. The Morgan fingerprint density at radius 1 is 1.06 bits per heavy atom. The number of hydrogen-bond acceptors (Lipinski definition) is 3. The number of fused-ring (bicyclic) bond motifs is 1. The van der Waals surface area contributed by atoms with Gasteiger partial charge in [-0.15, -0.1) is 0 Å². The number of halogens is 2. The van der Waals surface area contributed by atoms with Gasteiger partial charge in [-0.3, -0.25) is 4.79 Å². The Bertz CT molecular complexity index is 860. The van der Waals surface area contributed by atoms with Crippen LogP contribution in [0.25, 0.3) is 0 Å². The topological polar surface area (TPSA) is 47.6 Å². The van der Waals surface area contributed by atoms with Crippen LogP contribution in [0.1, 0.15) is 69.1 Å². The van der Waals surface area contributed by atoms with Gasteiger partial charge in [0, 0.05) is 13.5 Å². The van der Waals surface area contributed by atoms with E-state index in [0.29, 0.717) is 12.0 Å². The molecule has 1 aromatic rings. The van der Waals surface area contributed by atoms with Crippen molar-refractivity contribution in [3.8, 4) is 0 Å². The zero-order chi connectivity index (χ0) is 24.2. The Balaban J connectivity index is 2.62. The highest BCUT2D eigenvalue weighted by Gasteiger charge is 2.48. The summed E-state index contributed by atoms with van der Waals surface area (Å²) in [5.74, 6) is -0.713. The summed E-state index contributed by atoms with van der Waals surface area (Å²) in [6.07, 6.45) is -0.220. The monoisotopic (exact) mass is 531 g/mol. The molecule has 2 atom stereocenters. The quantitative estimate of drug-likeness (QED) is 0.417. The van der Waals surface area contributed by atoms with Gasteiger partial charge in [0.25, 0.3) is 5.91 Å². The van der Waals surface area contributed by atoms with E-state index < -0.39 is 22.7 Å². The zero-order valence-corrected chi connectivity index (χ0v) is 24.5. The van der Waals surface area contributed by atoms with Gasteiger partial charge in [0.15, 0.2) is 16.6 Å². The van der Waals surface area contributed by atoms with Crippen molar-refractivity contribution in [3.05, 3.63) is 33.0 Å². The number of hydrogen-bond donors (Lipinski definition) is 1. The molecule has 2 rings (SSSR count). The normalized spacial score (nSPS) is 20.0. The summed E-state index contributed by atoms with van der Waals surface area (Å²) in [5, 5.41) is 2.62. The second-order valence-corrected chi connectivity index (χ2v) is 21.9. The Labute approximate surface area is 198 Å². The number of carbonyl (C=O) groups excluding carboxylic acids is 1. The molecule has 4 nitrogen and oxygen atoms in total. The van der Waals surface area contributed by atoms with Crippen molar-refractivity contribution in [1.82, 2.24) is 5.32 Å². The van der Waals surface area contributed by atoms with Gasteiger partial charge in [-0.2, -0.15) is 0 Å². The van der Waals surface area contributed by atoms with Crippen LogP contribution in [0.5, 0.6) is 0 Å². The predicted octanol–water partition coefficient (Wildman–Crippen LogP) is 6.96. The van der Waals surface area contributed by atoms with E-state index in [9.17, 15) is 4.79 Å². The number of amides is 1. The van der Waals surface area contributed by atoms with Gasteiger partial charge in [0.2, 0.25) is 0 Å². The summed E-state index contributed by atoms with van der Waals surface area (Å²) in [5.41, 5.74) is 1.62. The van der Waals surface area contributed by atoms with Crippen molar-refractivity contribution in [1.29, 1.82) is 0 Å². The molecular formula is C23H39BrFNO3Si2. The summed E-state index contributed by atoms with van der Waals surface area (Å²) in [6, 6.07) is 1.79. The Morgan fingerprint density at radius 3 is 2.00 bits per heavy atom. The summed E-state index contributed by atoms with van der Waals surface area (Å²) in [7, 11) is -2.76. The Morgan fingerprint density at radius 2 is 1.55 bits per heavy atom. The lowest BCUT2D eigenvalue weighted by atomic mass is 10.0. The van der Waals surface area contributed by atoms with Gasteiger partial charge in [0.05, 0.1) is 22.2 Å².